The summed E-state index contributed by atoms with van der Waals surface area (Å²) in [7, 11) is 0. The van der Waals surface area contributed by atoms with Crippen LogP contribution >= 0.6 is 0 Å². The lowest BCUT2D eigenvalue weighted by molar-refractivity contribution is -0.143. The molecule has 1 fully saturated rings. The number of halogens is 1. The Hall–Kier alpha value is -1.62. The number of benzene rings is 1. The number of nitrogens with zero attached hydrogens (tertiary/aromatic N) is 2. The Bertz CT molecular complexity index is 428. The molecule has 0 aliphatic carbocycles. The van der Waals surface area contributed by atoms with Crippen molar-refractivity contribution in [2.24, 2.45) is 0 Å². The lowest BCUT2D eigenvalue weighted by Crippen LogP contribution is -2.52. The Balaban J connectivity index is 1.95. The van der Waals surface area contributed by atoms with Gasteiger partial charge in [-0.25, -0.2) is 4.39 Å². The van der Waals surface area contributed by atoms with Crippen LogP contribution in [0, 0.1) is 5.82 Å². The van der Waals surface area contributed by atoms with Crippen molar-refractivity contribution in [2.75, 3.05) is 31.1 Å². The Kier molecular flexibility index (Phi) is 4.37. The summed E-state index contributed by atoms with van der Waals surface area (Å²) in [6.07, 6.45) is 0.617. The predicted molar refractivity (Wildman–Crippen MR) is 71.9 cm³/mol. The fourth-order valence-electron chi connectivity index (χ4n) is 2.53. The number of carboxylic acid groups (broad SMARTS) is 1. The topological polar surface area (TPSA) is 43.8 Å². The maximum absolute atomic E-state index is 12.9. The van der Waals surface area contributed by atoms with Crippen LogP contribution in [-0.4, -0.2) is 48.2 Å². The van der Waals surface area contributed by atoms with Crippen molar-refractivity contribution in [1.82, 2.24) is 4.90 Å². The highest BCUT2D eigenvalue weighted by molar-refractivity contribution is 5.73. The third-order valence-electron chi connectivity index (χ3n) is 3.62. The maximum Gasteiger partial charge on any atom is 0.320 e. The van der Waals surface area contributed by atoms with Crippen LogP contribution in [0.5, 0.6) is 0 Å². The molecule has 5 heteroatoms. The molecule has 0 unspecified atom stereocenters. The van der Waals surface area contributed by atoms with Gasteiger partial charge in [0.05, 0.1) is 0 Å². The first-order chi connectivity index (χ1) is 9.11. The summed E-state index contributed by atoms with van der Waals surface area (Å²) in [5, 5.41) is 9.14. The molecule has 0 saturated carbocycles. The average Bonchev–Trinajstić information content (AvgIpc) is 2.41. The van der Waals surface area contributed by atoms with Crippen LogP contribution in [0.2, 0.25) is 0 Å². The van der Waals surface area contributed by atoms with Gasteiger partial charge in [-0.05, 0) is 30.7 Å². The molecule has 0 aromatic heterocycles. The first-order valence-corrected chi connectivity index (χ1v) is 6.59. The number of hydrogen-bond acceptors (Lipinski definition) is 3. The first-order valence-electron chi connectivity index (χ1n) is 6.59. The van der Waals surface area contributed by atoms with E-state index in [4.69, 9.17) is 5.11 Å². The van der Waals surface area contributed by atoms with Crippen molar-refractivity contribution < 1.29 is 14.3 Å². The summed E-state index contributed by atoms with van der Waals surface area (Å²) < 4.78 is 12.9. The van der Waals surface area contributed by atoms with Crippen LogP contribution in [-0.2, 0) is 4.79 Å². The number of carbonyl (C=O) groups is 1. The van der Waals surface area contributed by atoms with Gasteiger partial charge in [-0.3, -0.25) is 9.69 Å². The molecule has 1 saturated heterocycles. The van der Waals surface area contributed by atoms with Gasteiger partial charge in [0.1, 0.15) is 11.9 Å². The standard InChI is InChI=1S/C14H19FN2O2/c1-2-13(14(18)19)17-9-7-16(8-10-17)12-5-3-11(15)4-6-12/h3-6,13H,2,7-10H2,1H3,(H,18,19)/t13-/m0/s1. The molecule has 19 heavy (non-hydrogen) atoms. The molecule has 0 bridgehead atoms. The van der Waals surface area contributed by atoms with Crippen molar-refractivity contribution in [3.63, 3.8) is 0 Å². The molecule has 4 nitrogen and oxygen atoms in total. The lowest BCUT2D eigenvalue weighted by atomic mass is 10.1. The number of carboxylic acids is 1. The zero-order valence-electron chi connectivity index (χ0n) is 11.1. The second-order valence-electron chi connectivity index (χ2n) is 4.76. The Morgan fingerprint density at radius 2 is 1.84 bits per heavy atom. The molecule has 2 rings (SSSR count). The quantitative estimate of drug-likeness (QED) is 0.902. The molecule has 1 aromatic rings. The van der Waals surface area contributed by atoms with E-state index in [9.17, 15) is 9.18 Å². The lowest BCUT2D eigenvalue weighted by Gasteiger charge is -2.38. The van der Waals surface area contributed by atoms with Gasteiger partial charge in [0.15, 0.2) is 0 Å². The summed E-state index contributed by atoms with van der Waals surface area (Å²) in [6, 6.07) is 6.04. The van der Waals surface area contributed by atoms with Gasteiger partial charge in [-0.1, -0.05) is 6.92 Å². The number of anilines is 1. The summed E-state index contributed by atoms with van der Waals surface area (Å²) in [5.74, 6) is -0.989. The van der Waals surface area contributed by atoms with Gasteiger partial charge < -0.3 is 10.0 Å². The Morgan fingerprint density at radius 1 is 1.26 bits per heavy atom. The third-order valence-corrected chi connectivity index (χ3v) is 3.62. The normalized spacial score (nSPS) is 18.3. The van der Waals surface area contributed by atoms with Gasteiger partial charge in [0.2, 0.25) is 0 Å². The zero-order valence-corrected chi connectivity index (χ0v) is 11.1. The fourth-order valence-corrected chi connectivity index (χ4v) is 2.53. The molecule has 0 radical (unpaired) electrons. The van der Waals surface area contributed by atoms with Gasteiger partial charge in [0, 0.05) is 31.9 Å². The number of piperazine rings is 1. The smallest absolute Gasteiger partial charge is 0.320 e. The van der Waals surface area contributed by atoms with E-state index in [1.54, 1.807) is 12.1 Å². The second-order valence-corrected chi connectivity index (χ2v) is 4.76. The molecule has 1 heterocycles. The highest BCUT2D eigenvalue weighted by Crippen LogP contribution is 2.18. The summed E-state index contributed by atoms with van der Waals surface area (Å²) in [4.78, 5) is 15.3. The molecule has 104 valence electrons. The van der Waals surface area contributed by atoms with Crippen LogP contribution in [0.3, 0.4) is 0 Å². The van der Waals surface area contributed by atoms with Gasteiger partial charge >= 0.3 is 5.97 Å². The van der Waals surface area contributed by atoms with Crippen molar-refractivity contribution in [1.29, 1.82) is 0 Å². The van der Waals surface area contributed by atoms with Crippen LogP contribution in [0.1, 0.15) is 13.3 Å². The summed E-state index contributed by atoms with van der Waals surface area (Å²) >= 11 is 0. The largest absolute Gasteiger partial charge is 0.480 e. The number of hydrogen-bond donors (Lipinski definition) is 1. The van der Waals surface area contributed by atoms with Crippen molar-refractivity contribution in [3.05, 3.63) is 30.1 Å². The molecular weight excluding hydrogens is 247 g/mol. The molecule has 1 aliphatic heterocycles. The highest BCUT2D eigenvalue weighted by Gasteiger charge is 2.27. The minimum Gasteiger partial charge on any atom is -0.480 e. The van der Waals surface area contributed by atoms with Gasteiger partial charge in [0.25, 0.3) is 0 Å². The van der Waals surface area contributed by atoms with E-state index in [0.717, 1.165) is 31.9 Å². The average molecular weight is 266 g/mol. The number of rotatable bonds is 4. The first kappa shape index (κ1) is 13.8. The third kappa shape index (κ3) is 3.23. The minimum atomic E-state index is -0.752. The second kappa shape index (κ2) is 6.02. The molecule has 1 N–H and O–H groups in total. The van der Waals surface area contributed by atoms with Crippen molar-refractivity contribution in [3.8, 4) is 0 Å². The monoisotopic (exact) mass is 266 g/mol. The number of aliphatic carboxylic acids is 1. The van der Waals surface area contributed by atoms with E-state index in [2.05, 4.69) is 4.90 Å². The van der Waals surface area contributed by atoms with Crippen molar-refractivity contribution in [2.45, 2.75) is 19.4 Å². The van der Waals surface area contributed by atoms with Crippen LogP contribution in [0.4, 0.5) is 10.1 Å². The van der Waals surface area contributed by atoms with Crippen LogP contribution < -0.4 is 4.90 Å². The predicted octanol–water partition coefficient (Wildman–Crippen LogP) is 1.81. The molecule has 1 aliphatic rings. The van der Waals surface area contributed by atoms with Gasteiger partial charge in [-0.15, -0.1) is 0 Å². The molecule has 0 spiro atoms. The van der Waals surface area contributed by atoms with E-state index < -0.39 is 12.0 Å². The fraction of sp³-hybridized carbons (Fsp3) is 0.500. The zero-order chi connectivity index (χ0) is 13.8. The molecule has 0 amide bonds. The van der Waals surface area contributed by atoms with Crippen LogP contribution in [0.15, 0.2) is 24.3 Å². The Labute approximate surface area is 112 Å². The van der Waals surface area contributed by atoms with E-state index in [1.165, 1.54) is 12.1 Å². The van der Waals surface area contributed by atoms with Crippen molar-refractivity contribution >= 4 is 11.7 Å². The molecular formula is C14H19FN2O2. The van der Waals surface area contributed by atoms with E-state index in [-0.39, 0.29) is 5.82 Å². The highest BCUT2D eigenvalue weighted by atomic mass is 19.1. The summed E-state index contributed by atoms with van der Waals surface area (Å²) in [5.41, 5.74) is 0.990. The van der Waals surface area contributed by atoms with Crippen LogP contribution in [0.25, 0.3) is 0 Å². The maximum atomic E-state index is 12.9. The van der Waals surface area contributed by atoms with E-state index in [0.29, 0.717) is 6.42 Å². The summed E-state index contributed by atoms with van der Waals surface area (Å²) in [6.45, 7) is 4.89. The molecule has 1 aromatic carbocycles. The Morgan fingerprint density at radius 3 is 2.32 bits per heavy atom. The SMILES string of the molecule is CC[C@@H](C(=O)O)N1CCN(c2ccc(F)cc2)CC1. The van der Waals surface area contributed by atoms with Gasteiger partial charge in [-0.2, -0.15) is 0 Å². The van der Waals surface area contributed by atoms with E-state index in [1.807, 2.05) is 11.8 Å². The van der Waals surface area contributed by atoms with E-state index >= 15 is 0 Å². The molecule has 1 atom stereocenters. The minimum absolute atomic E-state index is 0.237.